The van der Waals surface area contributed by atoms with Gasteiger partial charge in [0.25, 0.3) is 5.91 Å². The van der Waals surface area contributed by atoms with Crippen LogP contribution in [-0.2, 0) is 17.8 Å². The normalized spacial score (nSPS) is 19.4. The van der Waals surface area contributed by atoms with Crippen LogP contribution in [0.25, 0.3) is 0 Å². The van der Waals surface area contributed by atoms with E-state index in [1.165, 1.54) is 22.3 Å². The molecule has 2 N–H and O–H groups in total. The second kappa shape index (κ2) is 10.1. The van der Waals surface area contributed by atoms with Gasteiger partial charge in [-0.3, -0.25) is 4.79 Å². The minimum Gasteiger partial charge on any atom is -0.379 e. The number of amides is 1. The number of nitrogens with zero attached hydrogens (tertiary/aromatic N) is 1. The smallest absolute Gasteiger partial charge is 0.255 e. The lowest BCUT2D eigenvalue weighted by Crippen LogP contribution is -2.58. The van der Waals surface area contributed by atoms with Crippen molar-refractivity contribution in [3.05, 3.63) is 70.8 Å². The van der Waals surface area contributed by atoms with Crippen LogP contribution in [0.2, 0.25) is 0 Å². The van der Waals surface area contributed by atoms with Crippen LogP contribution in [0.3, 0.4) is 0 Å². The summed E-state index contributed by atoms with van der Waals surface area (Å²) in [7, 11) is 0. The maximum Gasteiger partial charge on any atom is 0.255 e. The molecule has 0 bridgehead atoms. The van der Waals surface area contributed by atoms with E-state index in [0.717, 1.165) is 19.4 Å². The number of hydrogen-bond acceptors (Lipinski definition) is 3. The average molecular weight is 403 g/mol. The molecule has 0 saturated carbocycles. The molecule has 1 fully saturated rings. The molecule has 3 rings (SSSR count). The summed E-state index contributed by atoms with van der Waals surface area (Å²) in [6.07, 6.45) is 2.18. The van der Waals surface area contributed by atoms with E-state index >= 15 is 0 Å². The van der Waals surface area contributed by atoms with E-state index < -0.39 is 5.60 Å². The SMILES string of the molecule is Cc1ccc(CNCC2(O)CCCN(CCc3ccccc3)C2=O)cc1C.Cl. The van der Waals surface area contributed by atoms with Crippen LogP contribution in [0.1, 0.15) is 35.1 Å². The molecule has 1 amide bonds. The average Bonchev–Trinajstić information content (AvgIpc) is 2.67. The molecular weight excluding hydrogens is 372 g/mol. The van der Waals surface area contributed by atoms with Crippen molar-refractivity contribution in [1.82, 2.24) is 10.2 Å². The predicted molar refractivity (Wildman–Crippen MR) is 116 cm³/mol. The quantitative estimate of drug-likeness (QED) is 0.746. The zero-order valence-corrected chi connectivity index (χ0v) is 17.6. The second-order valence-electron chi connectivity index (χ2n) is 7.69. The predicted octanol–water partition coefficient (Wildman–Crippen LogP) is 3.41. The first-order chi connectivity index (χ1) is 13.0. The zero-order valence-electron chi connectivity index (χ0n) is 16.8. The summed E-state index contributed by atoms with van der Waals surface area (Å²) in [6.45, 7) is 6.52. The Morgan fingerprint density at radius 3 is 2.54 bits per heavy atom. The van der Waals surface area contributed by atoms with Gasteiger partial charge in [-0.05, 0) is 55.4 Å². The summed E-state index contributed by atoms with van der Waals surface area (Å²) in [5, 5.41) is 14.2. The van der Waals surface area contributed by atoms with Crippen molar-refractivity contribution in [2.75, 3.05) is 19.6 Å². The topological polar surface area (TPSA) is 52.6 Å². The van der Waals surface area contributed by atoms with Crippen LogP contribution in [0.5, 0.6) is 0 Å². The molecule has 1 unspecified atom stereocenters. The van der Waals surface area contributed by atoms with Gasteiger partial charge >= 0.3 is 0 Å². The Morgan fingerprint density at radius 1 is 1.07 bits per heavy atom. The lowest BCUT2D eigenvalue weighted by Gasteiger charge is -2.38. The van der Waals surface area contributed by atoms with Crippen molar-refractivity contribution in [2.45, 2.75) is 45.3 Å². The maximum absolute atomic E-state index is 12.8. The first-order valence-corrected chi connectivity index (χ1v) is 9.80. The van der Waals surface area contributed by atoms with Gasteiger partial charge in [0.15, 0.2) is 5.60 Å². The number of benzene rings is 2. The molecule has 0 spiro atoms. The number of hydrogen-bond donors (Lipinski definition) is 2. The highest BCUT2D eigenvalue weighted by atomic mass is 35.5. The molecular formula is C23H31ClN2O2. The van der Waals surface area contributed by atoms with E-state index in [4.69, 9.17) is 0 Å². The van der Waals surface area contributed by atoms with Crippen LogP contribution < -0.4 is 5.32 Å². The molecule has 1 aliphatic heterocycles. The molecule has 2 aromatic rings. The fraction of sp³-hybridized carbons (Fsp3) is 0.435. The fourth-order valence-corrected chi connectivity index (χ4v) is 3.68. The van der Waals surface area contributed by atoms with Gasteiger partial charge in [0.05, 0.1) is 0 Å². The van der Waals surface area contributed by atoms with Crippen molar-refractivity contribution in [1.29, 1.82) is 0 Å². The molecule has 0 aliphatic carbocycles. The summed E-state index contributed by atoms with van der Waals surface area (Å²) in [6, 6.07) is 16.5. The molecule has 1 heterocycles. The molecule has 5 heteroatoms. The summed E-state index contributed by atoms with van der Waals surface area (Å²) in [4.78, 5) is 14.7. The maximum atomic E-state index is 12.8. The lowest BCUT2D eigenvalue weighted by atomic mass is 9.91. The van der Waals surface area contributed by atoms with Gasteiger partial charge in [-0.2, -0.15) is 0 Å². The van der Waals surface area contributed by atoms with Crippen molar-refractivity contribution in [3.63, 3.8) is 0 Å². The Labute approximate surface area is 174 Å². The fourth-order valence-electron chi connectivity index (χ4n) is 3.68. The highest BCUT2D eigenvalue weighted by molar-refractivity contribution is 5.86. The van der Waals surface area contributed by atoms with Crippen LogP contribution in [0.4, 0.5) is 0 Å². The number of halogens is 1. The molecule has 2 aromatic carbocycles. The molecule has 152 valence electrons. The monoisotopic (exact) mass is 402 g/mol. The van der Waals surface area contributed by atoms with Crippen molar-refractivity contribution < 1.29 is 9.90 Å². The third kappa shape index (κ3) is 5.57. The van der Waals surface area contributed by atoms with Gasteiger partial charge in [0.1, 0.15) is 0 Å². The van der Waals surface area contributed by atoms with Crippen molar-refractivity contribution in [2.24, 2.45) is 0 Å². The number of aryl methyl sites for hydroxylation is 2. The number of carbonyl (C=O) groups is 1. The number of nitrogens with one attached hydrogen (secondary N) is 1. The Hall–Kier alpha value is -1.88. The Morgan fingerprint density at radius 2 is 1.82 bits per heavy atom. The van der Waals surface area contributed by atoms with E-state index in [9.17, 15) is 9.90 Å². The van der Waals surface area contributed by atoms with Crippen LogP contribution >= 0.6 is 12.4 Å². The molecule has 1 saturated heterocycles. The second-order valence-corrected chi connectivity index (χ2v) is 7.69. The Balaban J connectivity index is 0.00000280. The molecule has 1 aliphatic rings. The molecule has 28 heavy (non-hydrogen) atoms. The lowest BCUT2D eigenvalue weighted by molar-refractivity contribution is -0.156. The van der Waals surface area contributed by atoms with Gasteiger partial charge in [-0.1, -0.05) is 48.5 Å². The van der Waals surface area contributed by atoms with E-state index in [1.54, 1.807) is 0 Å². The van der Waals surface area contributed by atoms with E-state index in [2.05, 4.69) is 49.5 Å². The number of carbonyl (C=O) groups excluding carboxylic acids is 1. The number of likely N-dealkylation sites (tertiary alicyclic amines) is 1. The van der Waals surface area contributed by atoms with Crippen LogP contribution in [0.15, 0.2) is 48.5 Å². The number of rotatable bonds is 7. The van der Waals surface area contributed by atoms with Gasteiger partial charge in [-0.15, -0.1) is 12.4 Å². The molecule has 1 atom stereocenters. The number of piperidine rings is 1. The standard InChI is InChI=1S/C23H30N2O2.ClH/c1-18-9-10-21(15-19(18)2)16-24-17-23(27)12-6-13-25(22(23)26)14-11-20-7-4-3-5-8-20;/h3-5,7-10,15,24,27H,6,11-14,16-17H2,1-2H3;1H. The first kappa shape index (κ1) is 22.4. The van der Waals surface area contributed by atoms with Crippen LogP contribution in [0, 0.1) is 13.8 Å². The van der Waals surface area contributed by atoms with Crippen molar-refractivity contribution >= 4 is 18.3 Å². The van der Waals surface area contributed by atoms with Gasteiger partial charge in [0, 0.05) is 26.2 Å². The third-order valence-corrected chi connectivity index (χ3v) is 5.53. The highest BCUT2D eigenvalue weighted by Gasteiger charge is 2.41. The van der Waals surface area contributed by atoms with E-state index in [1.807, 2.05) is 23.1 Å². The van der Waals surface area contributed by atoms with Gasteiger partial charge in [-0.25, -0.2) is 0 Å². The van der Waals surface area contributed by atoms with Gasteiger partial charge < -0.3 is 15.3 Å². The Bertz CT molecular complexity index is 781. The third-order valence-electron chi connectivity index (χ3n) is 5.53. The minimum absolute atomic E-state index is 0. The summed E-state index contributed by atoms with van der Waals surface area (Å²) in [5.41, 5.74) is 3.62. The summed E-state index contributed by atoms with van der Waals surface area (Å²) < 4.78 is 0. The minimum atomic E-state index is -1.30. The highest BCUT2D eigenvalue weighted by Crippen LogP contribution is 2.23. The van der Waals surface area contributed by atoms with Crippen molar-refractivity contribution in [3.8, 4) is 0 Å². The Kier molecular flexibility index (Phi) is 8.05. The van der Waals surface area contributed by atoms with E-state index in [-0.39, 0.29) is 18.3 Å². The molecule has 0 aromatic heterocycles. The summed E-state index contributed by atoms with van der Waals surface area (Å²) >= 11 is 0. The van der Waals surface area contributed by atoms with E-state index in [0.29, 0.717) is 26.1 Å². The molecule has 0 radical (unpaired) electrons. The first-order valence-electron chi connectivity index (χ1n) is 9.80. The molecule has 4 nitrogen and oxygen atoms in total. The van der Waals surface area contributed by atoms with Gasteiger partial charge in [0.2, 0.25) is 0 Å². The summed E-state index contributed by atoms with van der Waals surface area (Å²) in [5.74, 6) is -0.141. The zero-order chi connectivity index (χ0) is 19.3. The largest absolute Gasteiger partial charge is 0.379 e. The van der Waals surface area contributed by atoms with Crippen LogP contribution in [-0.4, -0.2) is 41.1 Å². The number of aliphatic hydroxyl groups is 1.